The molecule has 0 aliphatic carbocycles. The maximum Gasteiger partial charge on any atom is 0.270 e. The molecule has 0 bridgehead atoms. The summed E-state index contributed by atoms with van der Waals surface area (Å²) in [5.41, 5.74) is -0.767. The number of amides is 2. The number of hydrogen-bond donors (Lipinski definition) is 1. The van der Waals surface area contributed by atoms with E-state index < -0.39 is 34.6 Å². The van der Waals surface area contributed by atoms with E-state index in [4.69, 9.17) is 28.6 Å². The summed E-state index contributed by atoms with van der Waals surface area (Å²) < 4.78 is 34.1. The van der Waals surface area contributed by atoms with Crippen LogP contribution in [0.5, 0.6) is 11.5 Å². The minimum Gasteiger partial charge on any atom is -0.457 e. The van der Waals surface area contributed by atoms with E-state index in [1.54, 1.807) is 36.4 Å². The number of nitrogens with one attached hydrogen (secondary N) is 1. The van der Waals surface area contributed by atoms with E-state index in [1.807, 2.05) is 18.2 Å². The van der Waals surface area contributed by atoms with Crippen molar-refractivity contribution in [3.63, 3.8) is 0 Å². The number of nitrogens with zero attached hydrogens (tertiary/aromatic N) is 1. The van der Waals surface area contributed by atoms with Gasteiger partial charge in [0.2, 0.25) is 0 Å². The molecule has 160 valence electrons. The molecule has 0 unspecified atom stereocenters. The molecule has 0 atom stereocenters. The zero-order chi connectivity index (χ0) is 22.8. The van der Waals surface area contributed by atoms with Crippen molar-refractivity contribution in [1.29, 1.82) is 0 Å². The molecule has 1 aliphatic rings. The van der Waals surface area contributed by atoms with Gasteiger partial charge < -0.3 is 4.74 Å². The van der Waals surface area contributed by atoms with E-state index in [9.17, 15) is 18.4 Å². The highest BCUT2D eigenvalue weighted by atomic mass is 35.5. The third kappa shape index (κ3) is 4.23. The minimum absolute atomic E-state index is 0.166. The quantitative estimate of drug-likeness (QED) is 0.245. The van der Waals surface area contributed by atoms with Gasteiger partial charge in [0.1, 0.15) is 22.9 Å². The Morgan fingerprint density at radius 3 is 2.28 bits per heavy atom. The summed E-state index contributed by atoms with van der Waals surface area (Å²) in [6.07, 6.45) is 0.815. The number of carbonyl (C=O) groups is 2. The summed E-state index contributed by atoms with van der Waals surface area (Å²) in [7, 11) is 0. The van der Waals surface area contributed by atoms with Gasteiger partial charge >= 0.3 is 0 Å². The van der Waals surface area contributed by atoms with Crippen LogP contribution in [-0.2, 0) is 9.59 Å². The van der Waals surface area contributed by atoms with E-state index in [0.717, 1.165) is 23.1 Å². The van der Waals surface area contributed by atoms with Crippen LogP contribution in [0.1, 0.15) is 5.56 Å². The number of rotatable bonds is 4. The molecule has 1 fully saturated rings. The monoisotopic (exact) mass is 470 g/mol. The van der Waals surface area contributed by atoms with Crippen molar-refractivity contribution in [1.82, 2.24) is 5.32 Å². The maximum atomic E-state index is 14.3. The summed E-state index contributed by atoms with van der Waals surface area (Å²) >= 11 is 10.8. The molecule has 9 heteroatoms. The first kappa shape index (κ1) is 21.6. The molecule has 1 heterocycles. The molecule has 1 aliphatic heterocycles. The molecule has 4 rings (SSSR count). The highest BCUT2D eigenvalue weighted by Crippen LogP contribution is 2.28. The Balaban J connectivity index is 1.65. The number of ether oxygens (including phenoxy) is 1. The molecule has 1 N–H and O–H groups in total. The number of halogens is 3. The van der Waals surface area contributed by atoms with Gasteiger partial charge in [-0.1, -0.05) is 29.8 Å². The van der Waals surface area contributed by atoms with Crippen LogP contribution >= 0.6 is 23.8 Å². The first-order valence-corrected chi connectivity index (χ1v) is 10.0. The number of anilines is 1. The Morgan fingerprint density at radius 2 is 1.59 bits per heavy atom. The van der Waals surface area contributed by atoms with Gasteiger partial charge in [0.15, 0.2) is 10.9 Å². The Morgan fingerprint density at radius 1 is 0.938 bits per heavy atom. The van der Waals surface area contributed by atoms with Crippen molar-refractivity contribution in [2.45, 2.75) is 0 Å². The molecule has 3 aromatic rings. The van der Waals surface area contributed by atoms with E-state index >= 15 is 0 Å². The molecule has 0 spiro atoms. The standard InChI is InChI=1S/C23H13ClF2N2O3S/c24-18-10-11-19(25)16(20(18)26)12-17-21(29)27-23(32)28(22(17)30)13-6-8-15(9-7-13)31-14-4-2-1-3-5-14/h1-12H,(H,27,29,32). The summed E-state index contributed by atoms with van der Waals surface area (Å²) in [4.78, 5) is 26.4. The van der Waals surface area contributed by atoms with Crippen molar-refractivity contribution in [3.8, 4) is 11.5 Å². The first-order chi connectivity index (χ1) is 15.3. The van der Waals surface area contributed by atoms with Gasteiger partial charge in [0.25, 0.3) is 11.8 Å². The lowest BCUT2D eigenvalue weighted by Gasteiger charge is -2.29. The smallest absolute Gasteiger partial charge is 0.270 e. The molecule has 0 aromatic heterocycles. The Kier molecular flexibility index (Phi) is 5.98. The van der Waals surface area contributed by atoms with Crippen LogP contribution in [-0.4, -0.2) is 16.9 Å². The van der Waals surface area contributed by atoms with Gasteiger partial charge in [-0.25, -0.2) is 8.78 Å². The molecular formula is C23H13ClF2N2O3S. The van der Waals surface area contributed by atoms with Crippen molar-refractivity contribution in [2.24, 2.45) is 0 Å². The van der Waals surface area contributed by atoms with Crippen LogP contribution in [0, 0.1) is 11.6 Å². The Labute approximate surface area is 191 Å². The van der Waals surface area contributed by atoms with Gasteiger partial charge in [0.05, 0.1) is 10.7 Å². The second kappa shape index (κ2) is 8.86. The zero-order valence-corrected chi connectivity index (χ0v) is 17.7. The number of carbonyl (C=O) groups excluding carboxylic acids is 2. The van der Waals surface area contributed by atoms with Crippen LogP contribution in [0.2, 0.25) is 5.02 Å². The van der Waals surface area contributed by atoms with Gasteiger partial charge in [0, 0.05) is 5.56 Å². The lowest BCUT2D eigenvalue weighted by Crippen LogP contribution is -2.54. The molecule has 5 nitrogen and oxygen atoms in total. The number of thiocarbonyl (C=S) groups is 1. The zero-order valence-electron chi connectivity index (χ0n) is 16.1. The normalized spacial score (nSPS) is 15.2. The van der Waals surface area contributed by atoms with Crippen LogP contribution in [0.3, 0.4) is 0 Å². The van der Waals surface area contributed by atoms with Gasteiger partial charge in [-0.2, -0.15) is 0 Å². The van der Waals surface area contributed by atoms with Gasteiger partial charge in [-0.3, -0.25) is 19.8 Å². The predicted molar refractivity (Wildman–Crippen MR) is 121 cm³/mol. The van der Waals surface area contributed by atoms with Crippen molar-refractivity contribution < 1.29 is 23.1 Å². The molecule has 1 saturated heterocycles. The molecule has 0 radical (unpaired) electrons. The molecule has 3 aromatic carbocycles. The summed E-state index contributed by atoms with van der Waals surface area (Å²) in [5, 5.41) is 1.85. The van der Waals surface area contributed by atoms with E-state index in [-0.39, 0.29) is 10.1 Å². The molecular weight excluding hydrogens is 458 g/mol. The average molecular weight is 471 g/mol. The minimum atomic E-state index is -1.08. The van der Waals surface area contributed by atoms with Crippen molar-refractivity contribution in [2.75, 3.05) is 4.90 Å². The molecule has 0 saturated carbocycles. The fourth-order valence-corrected chi connectivity index (χ4v) is 3.45. The first-order valence-electron chi connectivity index (χ1n) is 9.23. The summed E-state index contributed by atoms with van der Waals surface area (Å²) in [5.74, 6) is -2.62. The van der Waals surface area contributed by atoms with Crippen LogP contribution in [0.4, 0.5) is 14.5 Å². The van der Waals surface area contributed by atoms with Gasteiger partial charge in [-0.15, -0.1) is 0 Å². The largest absolute Gasteiger partial charge is 0.457 e. The topological polar surface area (TPSA) is 58.6 Å². The SMILES string of the molecule is O=C1NC(=S)N(c2ccc(Oc3ccccc3)cc2)C(=O)C1=Cc1c(F)ccc(Cl)c1F. The summed E-state index contributed by atoms with van der Waals surface area (Å²) in [6, 6.07) is 17.5. The van der Waals surface area contributed by atoms with Gasteiger partial charge in [-0.05, 0) is 66.8 Å². The fourth-order valence-electron chi connectivity index (χ4n) is 3.00. The second-order valence-corrected chi connectivity index (χ2v) is 7.42. The van der Waals surface area contributed by atoms with E-state index in [0.29, 0.717) is 17.2 Å². The molecule has 2 amide bonds. The van der Waals surface area contributed by atoms with Crippen LogP contribution < -0.4 is 15.0 Å². The fraction of sp³-hybridized carbons (Fsp3) is 0. The lowest BCUT2D eigenvalue weighted by atomic mass is 10.1. The highest BCUT2D eigenvalue weighted by Gasteiger charge is 2.35. The third-order valence-electron chi connectivity index (χ3n) is 4.54. The molecule has 32 heavy (non-hydrogen) atoms. The van der Waals surface area contributed by atoms with Crippen LogP contribution in [0.25, 0.3) is 6.08 Å². The van der Waals surface area contributed by atoms with E-state index in [2.05, 4.69) is 5.32 Å². The predicted octanol–water partition coefficient (Wildman–Crippen LogP) is 5.24. The number of hydrogen-bond acceptors (Lipinski definition) is 4. The summed E-state index contributed by atoms with van der Waals surface area (Å²) in [6.45, 7) is 0. The van der Waals surface area contributed by atoms with Crippen molar-refractivity contribution in [3.05, 3.63) is 94.5 Å². The number of para-hydroxylation sites is 1. The maximum absolute atomic E-state index is 14.3. The Hall–Kier alpha value is -3.62. The van der Waals surface area contributed by atoms with E-state index in [1.165, 1.54) is 0 Å². The number of benzene rings is 3. The lowest BCUT2D eigenvalue weighted by molar-refractivity contribution is -0.122. The Bertz CT molecular complexity index is 1260. The second-order valence-electron chi connectivity index (χ2n) is 6.62. The highest BCUT2D eigenvalue weighted by molar-refractivity contribution is 7.80. The van der Waals surface area contributed by atoms with Crippen molar-refractivity contribution >= 4 is 52.5 Å². The third-order valence-corrected chi connectivity index (χ3v) is 5.12. The van der Waals surface area contributed by atoms with Crippen LogP contribution in [0.15, 0.2) is 72.3 Å². The average Bonchev–Trinajstić information content (AvgIpc) is 2.77.